The Hall–Kier alpha value is -16.3. The van der Waals surface area contributed by atoms with Crippen molar-refractivity contribution in [2.24, 2.45) is 5.92 Å². The molecule has 0 aliphatic heterocycles. The van der Waals surface area contributed by atoms with E-state index in [0.29, 0.717) is 41.1 Å². The number of aromatic nitrogens is 10. The van der Waals surface area contributed by atoms with Crippen LogP contribution in [0.2, 0.25) is 0 Å². The third-order valence-corrected chi connectivity index (χ3v) is 27.0. The number of allylic oxidation sites excluding steroid dienone is 4. The first-order chi connectivity index (χ1) is 71.9. The minimum absolute atomic E-state index is 0. The number of carbonyl (C=O) groups excluding carboxylic acids is 2. The van der Waals surface area contributed by atoms with Crippen LogP contribution in [-0.4, -0.2) is 70.8 Å². The van der Waals surface area contributed by atoms with E-state index in [0.717, 1.165) is 140 Å². The van der Waals surface area contributed by atoms with Crippen LogP contribution in [0.25, 0.3) is 190 Å². The molecule has 6 heterocycles. The molecule has 746 valence electrons. The van der Waals surface area contributed by atoms with E-state index in [1.807, 2.05) is 78.9 Å². The van der Waals surface area contributed by atoms with Gasteiger partial charge >= 0.3 is 0 Å². The number of fused-ring (bicyclic) bond motifs is 11. The zero-order valence-electron chi connectivity index (χ0n) is 86.1. The summed E-state index contributed by atoms with van der Waals surface area (Å²) in [5, 5.41) is 23.9. The summed E-state index contributed by atoms with van der Waals surface area (Å²) in [6, 6.07) is 143. The van der Waals surface area contributed by atoms with E-state index in [1.54, 1.807) is 0 Å². The Bertz CT molecular complexity index is 8600. The van der Waals surface area contributed by atoms with Crippen molar-refractivity contribution in [3.8, 4) is 124 Å². The van der Waals surface area contributed by atoms with Gasteiger partial charge in [0, 0.05) is 118 Å². The van der Waals surface area contributed by atoms with E-state index >= 15 is 0 Å². The summed E-state index contributed by atoms with van der Waals surface area (Å²) in [6.07, 6.45) is 8.83. The van der Waals surface area contributed by atoms with Crippen LogP contribution in [0.4, 0.5) is 0 Å². The first-order valence-electron chi connectivity index (χ1n) is 50.6. The SMILES string of the molecule is CC(=O)C=C(C)O.CC(=O)C=C(C)O.CC1(C)c2ccccc2-c2ccc(-c3nc(-c4ccccc4)nc(-n4c5ccccc5c5cccc(-c6ccccc6)c54)n3)cc21.Cc1[c-]c(-c2ccc3c(C4CCCC4)cccc3n2)cc(C)c1.Cc1[c-]c(-c2ccc3cc(CC(C)C)ccc3n2)cc(C)c1.[Ir].[Ir].c1ccc(-c2cccc(-c3cccc4c5ccccc5n(-c5nc(-c6ccccc6)nc(-c6ccccc6)n5)c34)c2)cc1. The number of carbonyl (C=O) groups is 2. The molecule has 0 amide bonds. The second-order valence-electron chi connectivity index (χ2n) is 39.2. The van der Waals surface area contributed by atoms with Crippen molar-refractivity contribution in [3.05, 3.63) is 469 Å². The average Bonchev–Trinajstić information content (AvgIpc) is 1.58. The molecule has 14 nitrogen and oxygen atoms in total. The summed E-state index contributed by atoms with van der Waals surface area (Å²) < 4.78 is 4.42. The predicted octanol–water partition coefficient (Wildman–Crippen LogP) is 33.5. The number of hydrogen-bond donors (Lipinski definition) is 2. The maximum absolute atomic E-state index is 10.0. The Morgan fingerprint density at radius 1 is 0.353 bits per heavy atom. The number of benzene rings is 16. The van der Waals surface area contributed by atoms with Gasteiger partial charge in [0.1, 0.15) is 0 Å². The van der Waals surface area contributed by atoms with Gasteiger partial charge in [-0.3, -0.25) is 28.7 Å². The monoisotopic (exact) mass is 2310 g/mol. The Balaban J connectivity index is 0.000000135. The van der Waals surface area contributed by atoms with Gasteiger partial charge in [0.25, 0.3) is 0 Å². The second-order valence-corrected chi connectivity index (χ2v) is 39.2. The van der Waals surface area contributed by atoms with Gasteiger partial charge in [-0.15, -0.1) is 69.8 Å². The number of aliphatic hydroxyl groups excluding tert-OH is 2. The zero-order chi connectivity index (χ0) is 103. The van der Waals surface area contributed by atoms with Crippen LogP contribution in [0, 0.1) is 45.7 Å². The van der Waals surface area contributed by atoms with E-state index in [2.05, 4.69) is 386 Å². The normalized spacial score (nSPS) is 12.4. The molecule has 2 radical (unpaired) electrons. The van der Waals surface area contributed by atoms with Crippen LogP contribution in [-0.2, 0) is 61.6 Å². The summed E-state index contributed by atoms with van der Waals surface area (Å²) in [5.74, 6) is 5.03. The average molecular weight is 2310 g/mol. The molecule has 1 fully saturated rings. The minimum atomic E-state index is -0.128. The number of aryl methyl sites for hydroxylation is 4. The second kappa shape index (κ2) is 47.2. The molecule has 16 heteroatoms. The molecule has 0 spiro atoms. The van der Waals surface area contributed by atoms with Gasteiger partial charge in [0.2, 0.25) is 11.9 Å². The molecule has 150 heavy (non-hydrogen) atoms. The zero-order valence-corrected chi connectivity index (χ0v) is 90.9. The number of hydrogen-bond acceptors (Lipinski definition) is 12. The van der Waals surface area contributed by atoms with E-state index in [9.17, 15) is 9.59 Å². The fraction of sp³-hybridized carbons (Fsp3) is 0.149. The summed E-state index contributed by atoms with van der Waals surface area (Å²) >= 11 is 0. The summed E-state index contributed by atoms with van der Waals surface area (Å²) in [4.78, 5) is 60.5. The largest absolute Gasteiger partial charge is 0.512 e. The third kappa shape index (κ3) is 23.8. The Kier molecular flexibility index (Phi) is 33.1. The van der Waals surface area contributed by atoms with Gasteiger partial charge in [-0.1, -0.05) is 390 Å². The topological polar surface area (TPSA) is 188 Å². The standard InChI is InChI=1S/C42H30N4.C39H26N4.C22H22N.C21H22N.2C5H8O2.2Ir/c1-42(2)35-22-11-9-18-31(35)32-25-24-29(26-36(32)42)40-43-39(28-16-7-4-8-17-28)44-41(45-40)46-37-23-12-10-19-33(37)34-21-13-20-30(38(34)46)27-14-5-3-6-15-27;1-4-14-27(15-5-1)30-20-12-21-31(26-30)32-23-13-24-34-33-22-10-11-25-35(33)43(36(32)34)39-41-37(28-16-6-2-7-17-28)40-38(42-39)29-18-8-3-9-19-29;1-15-12-16(2)14-18(13-15)21-11-10-20-19(17-6-3-4-7-17)8-5-9-22(20)23-21;1-14(2)9-17-5-7-20-18(13-17)6-8-21(22-20)19-11-15(3)10-16(4)12-19;2*1-4(6)3-5(2)7;;/h3-26H,1-2H3;1-26H;5,8-13,17H,3-4,6-7H2,1-2H3;5-8,10-11,13-14H,9H2,1-4H3;2*3,6H,1-2H3;;/q;;2*-1;;;;. The third-order valence-electron chi connectivity index (χ3n) is 27.0. The number of aliphatic hydroxyl groups is 2. The first kappa shape index (κ1) is 105. The smallest absolute Gasteiger partial charge is 0.238 e. The van der Waals surface area contributed by atoms with Crippen molar-refractivity contribution in [3.63, 3.8) is 0 Å². The molecule has 1 saturated carbocycles. The van der Waals surface area contributed by atoms with E-state index < -0.39 is 0 Å². The minimum Gasteiger partial charge on any atom is -0.512 e. The maximum atomic E-state index is 10.0. The van der Waals surface area contributed by atoms with E-state index in [1.165, 1.54) is 138 Å². The van der Waals surface area contributed by atoms with Gasteiger partial charge in [-0.2, -0.15) is 19.9 Å². The number of rotatable bonds is 16. The Labute approximate surface area is 904 Å². The summed E-state index contributed by atoms with van der Waals surface area (Å²) in [6.45, 7) is 23.2. The molecule has 2 N–H and O–H groups in total. The molecule has 6 aromatic heterocycles. The summed E-state index contributed by atoms with van der Waals surface area (Å²) in [7, 11) is 0. The molecule has 0 atom stereocenters. The molecule has 2 aliphatic rings. The van der Waals surface area contributed by atoms with Crippen LogP contribution >= 0.6 is 0 Å². The van der Waals surface area contributed by atoms with Gasteiger partial charge in [0.15, 0.2) is 34.9 Å². The van der Waals surface area contributed by atoms with Crippen molar-refractivity contribution in [1.82, 2.24) is 49.0 Å². The Morgan fingerprint density at radius 3 is 1.26 bits per heavy atom. The van der Waals surface area contributed by atoms with E-state index in [-0.39, 0.29) is 68.7 Å². The van der Waals surface area contributed by atoms with Crippen molar-refractivity contribution in [2.75, 3.05) is 0 Å². The summed E-state index contributed by atoms with van der Waals surface area (Å²) in [5.41, 5.74) is 34.1. The van der Waals surface area contributed by atoms with Crippen LogP contribution in [0.15, 0.2) is 412 Å². The maximum Gasteiger partial charge on any atom is 0.238 e. The molecule has 22 aromatic rings. The van der Waals surface area contributed by atoms with Crippen molar-refractivity contribution in [1.29, 1.82) is 0 Å². The molecule has 24 rings (SSSR count). The van der Waals surface area contributed by atoms with Gasteiger partial charge in [-0.25, -0.2) is 9.97 Å². The van der Waals surface area contributed by atoms with Crippen LogP contribution in [0.3, 0.4) is 0 Å². The quantitative estimate of drug-likeness (QED) is 0.0530. The fourth-order valence-electron chi connectivity index (χ4n) is 20.6. The number of pyridine rings is 2. The van der Waals surface area contributed by atoms with Crippen molar-refractivity contribution < 1.29 is 60.0 Å². The first-order valence-corrected chi connectivity index (χ1v) is 50.6. The Morgan fingerprint density at radius 2 is 0.767 bits per heavy atom. The molecule has 16 aromatic carbocycles. The van der Waals surface area contributed by atoms with Crippen LogP contribution in [0.1, 0.15) is 131 Å². The molecular weight excluding hydrogens is 2200 g/mol. The van der Waals surface area contributed by atoms with Crippen LogP contribution in [0.5, 0.6) is 0 Å². The van der Waals surface area contributed by atoms with Crippen molar-refractivity contribution in [2.45, 2.75) is 127 Å². The van der Waals surface area contributed by atoms with Gasteiger partial charge < -0.3 is 10.2 Å². The van der Waals surface area contributed by atoms with E-state index in [4.69, 9.17) is 50.1 Å². The number of ketones is 2. The van der Waals surface area contributed by atoms with Crippen molar-refractivity contribution >= 4 is 77.0 Å². The molecular formula is C134H116Ir2N10O4-2. The van der Waals surface area contributed by atoms with Gasteiger partial charge in [-0.05, 0) is 174 Å². The molecule has 2 aliphatic carbocycles. The molecule has 0 bridgehead atoms. The number of nitrogens with zero attached hydrogens (tertiary/aromatic N) is 10. The predicted molar refractivity (Wildman–Crippen MR) is 609 cm³/mol. The van der Waals surface area contributed by atoms with Crippen LogP contribution < -0.4 is 0 Å². The fourth-order valence-corrected chi connectivity index (χ4v) is 20.6. The molecule has 0 unspecified atom stereocenters. The number of para-hydroxylation sites is 4. The van der Waals surface area contributed by atoms with Gasteiger partial charge in [0.05, 0.1) is 44.6 Å². The molecule has 0 saturated heterocycles.